The number of hydrogen-bond acceptors (Lipinski definition) is 8. The number of hydrogen-bond donors (Lipinski definition) is 3. The number of hydroxylamine groups is 3. The average Bonchev–Trinajstić information content (AvgIpc) is 3.16. The lowest BCUT2D eigenvalue weighted by Gasteiger charge is -2.50. The first-order valence-corrected chi connectivity index (χ1v) is 10.2. The van der Waals surface area contributed by atoms with E-state index >= 15 is 0 Å². The molecule has 4 fully saturated rings. The molecule has 12 nitrogen and oxygen atoms in total. The Hall–Kier alpha value is -1.51. The van der Waals surface area contributed by atoms with Crippen LogP contribution in [0.2, 0.25) is 0 Å². The first-order valence-electron chi connectivity index (χ1n) is 8.79. The van der Waals surface area contributed by atoms with Crippen LogP contribution in [-0.2, 0) is 29.1 Å². The van der Waals surface area contributed by atoms with E-state index in [1.54, 1.807) is 0 Å². The molecule has 0 aliphatic carbocycles. The summed E-state index contributed by atoms with van der Waals surface area (Å²) in [6, 6.07) is -2.09. The second-order valence-electron chi connectivity index (χ2n) is 7.42. The van der Waals surface area contributed by atoms with Gasteiger partial charge < -0.3 is 15.0 Å². The number of piperidine rings is 1. The molecule has 4 rings (SSSR count). The van der Waals surface area contributed by atoms with Gasteiger partial charge in [0, 0.05) is 18.0 Å². The quantitative estimate of drug-likeness (QED) is 0.351. The van der Waals surface area contributed by atoms with E-state index in [4.69, 9.17) is 14.1 Å². The lowest BCUT2D eigenvalue weighted by atomic mass is 9.71. The minimum Gasteiger partial charge on any atom is -0.380 e. The molecule has 13 heteroatoms. The highest BCUT2D eigenvalue weighted by Gasteiger charge is 2.63. The van der Waals surface area contributed by atoms with Gasteiger partial charge in [-0.1, -0.05) is 0 Å². The van der Waals surface area contributed by atoms with Gasteiger partial charge in [-0.25, -0.2) is 10.3 Å². The average molecular weight is 406 g/mol. The van der Waals surface area contributed by atoms with Gasteiger partial charge in [-0.15, -0.1) is 4.28 Å². The molecule has 0 aromatic carbocycles. The Morgan fingerprint density at radius 1 is 1.44 bits per heavy atom. The smallest absolute Gasteiger partial charge is 0.380 e. The maximum absolute atomic E-state index is 12.6. The largest absolute Gasteiger partial charge is 0.418 e. The Morgan fingerprint density at radius 3 is 2.81 bits per heavy atom. The van der Waals surface area contributed by atoms with E-state index in [-0.39, 0.29) is 32.2 Å². The van der Waals surface area contributed by atoms with Crippen LogP contribution < -0.4 is 10.8 Å². The molecule has 4 aliphatic rings. The number of carbonyl (C=O) groups is 2. The van der Waals surface area contributed by atoms with Crippen molar-refractivity contribution in [2.24, 2.45) is 5.41 Å². The molecule has 0 aromatic heterocycles. The van der Waals surface area contributed by atoms with Crippen molar-refractivity contribution in [2.45, 2.75) is 37.4 Å². The van der Waals surface area contributed by atoms with Crippen LogP contribution in [0.25, 0.3) is 0 Å². The highest BCUT2D eigenvalue weighted by atomic mass is 32.3. The second kappa shape index (κ2) is 6.83. The van der Waals surface area contributed by atoms with Crippen LogP contribution in [0.1, 0.15) is 19.3 Å². The van der Waals surface area contributed by atoms with E-state index in [0.29, 0.717) is 11.7 Å². The Labute approximate surface area is 155 Å². The minimum atomic E-state index is -4.87. The first kappa shape index (κ1) is 18.8. The van der Waals surface area contributed by atoms with Gasteiger partial charge in [0.15, 0.2) is 0 Å². The fourth-order valence-corrected chi connectivity index (χ4v) is 4.58. The zero-order valence-electron chi connectivity index (χ0n) is 14.5. The molecule has 0 saturated carbocycles. The van der Waals surface area contributed by atoms with Crippen molar-refractivity contribution in [3.05, 3.63) is 0 Å². The van der Waals surface area contributed by atoms with Crippen molar-refractivity contribution in [3.63, 3.8) is 0 Å². The topological polar surface area (TPSA) is 147 Å². The van der Waals surface area contributed by atoms with Gasteiger partial charge >= 0.3 is 16.4 Å². The summed E-state index contributed by atoms with van der Waals surface area (Å²) >= 11 is 0. The van der Waals surface area contributed by atoms with E-state index in [1.165, 1.54) is 4.90 Å². The Morgan fingerprint density at radius 2 is 2.22 bits per heavy atom. The van der Waals surface area contributed by atoms with Crippen molar-refractivity contribution in [2.75, 3.05) is 32.9 Å². The molecule has 27 heavy (non-hydrogen) atoms. The molecule has 2 bridgehead atoms. The third-order valence-corrected chi connectivity index (χ3v) is 5.99. The van der Waals surface area contributed by atoms with Crippen molar-refractivity contribution < 1.29 is 36.4 Å². The molecule has 3 N–H and O–H groups in total. The van der Waals surface area contributed by atoms with Gasteiger partial charge in [-0.3, -0.25) is 14.2 Å². The number of amides is 3. The minimum absolute atomic E-state index is 0.0972. The molecule has 1 spiro atoms. The maximum Gasteiger partial charge on any atom is 0.418 e. The number of nitrogens with zero attached hydrogens (tertiary/aromatic N) is 2. The number of urea groups is 1. The lowest BCUT2D eigenvalue weighted by molar-refractivity contribution is -0.194. The van der Waals surface area contributed by atoms with E-state index in [1.807, 2.05) is 0 Å². The Balaban J connectivity index is 1.44. The third kappa shape index (κ3) is 3.50. The van der Waals surface area contributed by atoms with E-state index in [9.17, 15) is 18.0 Å². The van der Waals surface area contributed by atoms with Crippen molar-refractivity contribution in [1.82, 2.24) is 20.8 Å². The van der Waals surface area contributed by atoms with Crippen LogP contribution in [0.3, 0.4) is 0 Å². The highest BCUT2D eigenvalue weighted by molar-refractivity contribution is 7.80. The summed E-state index contributed by atoms with van der Waals surface area (Å²) in [6.45, 7) is 1.86. The van der Waals surface area contributed by atoms with Crippen LogP contribution in [-0.4, -0.2) is 85.9 Å². The fraction of sp³-hybridized carbons (Fsp3) is 0.857. The number of nitrogens with one attached hydrogen (secondary N) is 2. The molecular formula is C14H22N4O8S. The predicted molar refractivity (Wildman–Crippen MR) is 87.1 cm³/mol. The zero-order valence-corrected chi connectivity index (χ0v) is 15.3. The van der Waals surface area contributed by atoms with Gasteiger partial charge in [-0.2, -0.15) is 13.5 Å². The van der Waals surface area contributed by atoms with Crippen LogP contribution >= 0.6 is 0 Å². The highest BCUT2D eigenvalue weighted by Crippen LogP contribution is 2.47. The Bertz CT molecular complexity index is 721. The number of rotatable bonds is 6. The van der Waals surface area contributed by atoms with E-state index in [2.05, 4.69) is 15.1 Å². The standard InChI is InChI=1S/C14H22N4O8S/c19-12(16-25-6-9-2-1-3-15-9)10-4-14(7-24-8-14)11-5-17(10)13(20)18(11)26-27(21,22)23/h9-11,15H,1-8H2,(H,16,19)(H,21,22,23). The van der Waals surface area contributed by atoms with E-state index < -0.39 is 39.8 Å². The molecule has 3 amide bonds. The maximum atomic E-state index is 12.6. The summed E-state index contributed by atoms with van der Waals surface area (Å²) in [4.78, 5) is 31.7. The third-order valence-electron chi connectivity index (χ3n) is 5.65. The fourth-order valence-electron chi connectivity index (χ4n) is 4.21. The summed E-state index contributed by atoms with van der Waals surface area (Å²) < 4.78 is 40.9. The molecule has 0 aromatic rings. The molecule has 3 unspecified atom stereocenters. The van der Waals surface area contributed by atoms with Gasteiger partial charge in [0.2, 0.25) is 0 Å². The summed E-state index contributed by atoms with van der Waals surface area (Å²) in [5, 5.41) is 3.87. The van der Waals surface area contributed by atoms with Crippen LogP contribution in [0.4, 0.5) is 4.79 Å². The Kier molecular flexibility index (Phi) is 4.76. The summed E-state index contributed by atoms with van der Waals surface area (Å²) in [5.74, 6) is -0.486. The van der Waals surface area contributed by atoms with Gasteiger partial charge in [0.1, 0.15) is 6.04 Å². The molecule has 0 radical (unpaired) electrons. The molecule has 152 valence electrons. The number of carbonyl (C=O) groups excluding carboxylic acids is 2. The van der Waals surface area contributed by atoms with Crippen molar-refractivity contribution in [3.8, 4) is 0 Å². The monoisotopic (exact) mass is 406 g/mol. The zero-order chi connectivity index (χ0) is 19.2. The normalized spacial score (nSPS) is 32.0. The summed E-state index contributed by atoms with van der Waals surface area (Å²) in [7, 11) is -4.87. The van der Waals surface area contributed by atoms with Gasteiger partial charge in [0.25, 0.3) is 5.91 Å². The molecule has 4 saturated heterocycles. The van der Waals surface area contributed by atoms with Crippen LogP contribution in [0.15, 0.2) is 0 Å². The molecular weight excluding hydrogens is 384 g/mol. The summed E-state index contributed by atoms with van der Waals surface area (Å²) in [6.07, 6.45) is 2.31. The first-order chi connectivity index (χ1) is 12.8. The SMILES string of the molecule is O=C(NOCC1CCCN1)C1CC2(COC2)C2CN1C(=O)N2OS(=O)(=O)O. The van der Waals surface area contributed by atoms with Gasteiger partial charge in [0.05, 0.1) is 25.9 Å². The molecule has 4 heterocycles. The number of ether oxygens (including phenoxy) is 1. The number of fused-ring (bicyclic) bond motifs is 3. The predicted octanol–water partition coefficient (Wildman–Crippen LogP) is -1.58. The summed E-state index contributed by atoms with van der Waals surface area (Å²) in [5.41, 5.74) is 1.78. The molecule has 4 aliphatic heterocycles. The second-order valence-corrected chi connectivity index (χ2v) is 8.43. The van der Waals surface area contributed by atoms with Crippen LogP contribution in [0.5, 0.6) is 0 Å². The van der Waals surface area contributed by atoms with E-state index in [0.717, 1.165) is 19.4 Å². The van der Waals surface area contributed by atoms with Crippen molar-refractivity contribution in [1.29, 1.82) is 0 Å². The van der Waals surface area contributed by atoms with Gasteiger partial charge in [-0.05, 0) is 25.8 Å². The van der Waals surface area contributed by atoms with Crippen LogP contribution in [0, 0.1) is 5.41 Å². The molecule has 3 atom stereocenters. The lowest BCUT2D eigenvalue weighted by Crippen LogP contribution is -2.63. The van der Waals surface area contributed by atoms with Crippen molar-refractivity contribution >= 4 is 22.3 Å².